The number of fused-ring (bicyclic) bond motifs is 1. The van der Waals surface area contributed by atoms with Crippen LogP contribution in [0.2, 0.25) is 0 Å². The zero-order chi connectivity index (χ0) is 21.7. The largest absolute Gasteiger partial charge is 0.483 e. The minimum atomic E-state index is -0.618. The average molecular weight is 469 g/mol. The number of halogens is 1. The molecule has 3 rings (SSSR count). The van der Waals surface area contributed by atoms with E-state index in [1.165, 1.54) is 0 Å². The van der Waals surface area contributed by atoms with Gasteiger partial charge in [0.25, 0.3) is 5.91 Å². The van der Waals surface area contributed by atoms with E-state index in [0.29, 0.717) is 12.3 Å². The van der Waals surface area contributed by atoms with Crippen LogP contribution >= 0.6 is 15.9 Å². The first-order valence-electron chi connectivity index (χ1n) is 9.77. The minimum absolute atomic E-state index is 0.163. The Kier molecular flexibility index (Phi) is 7.11. The third-order valence-electron chi connectivity index (χ3n) is 5.07. The van der Waals surface area contributed by atoms with Crippen LogP contribution in [0.4, 0.5) is 0 Å². The van der Waals surface area contributed by atoms with Crippen LogP contribution in [0.25, 0.3) is 10.8 Å². The van der Waals surface area contributed by atoms with Gasteiger partial charge in [-0.05, 0) is 52.2 Å². The molecule has 0 aliphatic carbocycles. The van der Waals surface area contributed by atoms with Crippen molar-refractivity contribution in [3.63, 3.8) is 0 Å². The molecule has 30 heavy (non-hydrogen) atoms. The summed E-state index contributed by atoms with van der Waals surface area (Å²) in [6.45, 7) is 3.89. The maximum atomic E-state index is 13.0. The highest BCUT2D eigenvalue weighted by Crippen LogP contribution is 2.33. The number of hydrogen-bond acceptors (Lipinski definition) is 3. The van der Waals surface area contributed by atoms with E-state index in [1.807, 2.05) is 67.6 Å². The molecule has 0 spiro atoms. The van der Waals surface area contributed by atoms with E-state index < -0.39 is 6.04 Å². The first-order chi connectivity index (χ1) is 14.4. The molecule has 0 aromatic heterocycles. The second kappa shape index (κ2) is 9.76. The van der Waals surface area contributed by atoms with E-state index in [9.17, 15) is 9.59 Å². The van der Waals surface area contributed by atoms with Crippen LogP contribution in [0.15, 0.2) is 65.1 Å². The molecule has 0 radical (unpaired) electrons. The zero-order valence-electron chi connectivity index (χ0n) is 17.3. The minimum Gasteiger partial charge on any atom is -0.483 e. The monoisotopic (exact) mass is 468 g/mol. The van der Waals surface area contributed by atoms with Gasteiger partial charge in [-0.1, -0.05) is 60.2 Å². The van der Waals surface area contributed by atoms with Gasteiger partial charge in [-0.15, -0.1) is 0 Å². The summed E-state index contributed by atoms with van der Waals surface area (Å²) in [4.78, 5) is 26.8. The molecule has 0 saturated carbocycles. The fourth-order valence-electron chi connectivity index (χ4n) is 3.23. The highest BCUT2D eigenvalue weighted by atomic mass is 79.9. The van der Waals surface area contributed by atoms with Crippen molar-refractivity contribution < 1.29 is 14.3 Å². The quantitative estimate of drug-likeness (QED) is 0.556. The number of rotatable bonds is 7. The lowest BCUT2D eigenvalue weighted by Gasteiger charge is -2.28. The molecule has 0 heterocycles. The first kappa shape index (κ1) is 21.8. The highest BCUT2D eigenvalue weighted by molar-refractivity contribution is 9.10. The van der Waals surface area contributed by atoms with E-state index in [4.69, 9.17) is 4.74 Å². The van der Waals surface area contributed by atoms with Crippen LogP contribution in [-0.4, -0.2) is 36.4 Å². The van der Waals surface area contributed by atoms with Crippen LogP contribution in [0.1, 0.15) is 18.1 Å². The van der Waals surface area contributed by atoms with Crippen LogP contribution in [-0.2, 0) is 16.1 Å². The molecule has 5 nitrogen and oxygen atoms in total. The van der Waals surface area contributed by atoms with Gasteiger partial charge in [-0.3, -0.25) is 9.59 Å². The van der Waals surface area contributed by atoms with Gasteiger partial charge in [-0.25, -0.2) is 0 Å². The smallest absolute Gasteiger partial charge is 0.261 e. The molecule has 6 heteroatoms. The van der Waals surface area contributed by atoms with Crippen LogP contribution in [0.5, 0.6) is 5.75 Å². The average Bonchev–Trinajstić information content (AvgIpc) is 2.77. The van der Waals surface area contributed by atoms with Crippen molar-refractivity contribution in [2.24, 2.45) is 0 Å². The topological polar surface area (TPSA) is 58.6 Å². The summed E-state index contributed by atoms with van der Waals surface area (Å²) in [5.74, 6) is 0.110. The van der Waals surface area contributed by atoms with Crippen LogP contribution in [0, 0.1) is 6.92 Å². The Labute approximate surface area is 185 Å². The summed E-state index contributed by atoms with van der Waals surface area (Å²) < 4.78 is 6.64. The van der Waals surface area contributed by atoms with E-state index in [0.717, 1.165) is 26.4 Å². The molecule has 1 atom stereocenters. The molecule has 1 N–H and O–H groups in total. The van der Waals surface area contributed by atoms with Crippen LogP contribution in [0.3, 0.4) is 0 Å². The second-order valence-corrected chi connectivity index (χ2v) is 7.98. The Balaban J connectivity index is 1.78. The fourth-order valence-corrected chi connectivity index (χ4v) is 3.84. The number of nitrogens with one attached hydrogen (secondary N) is 1. The Morgan fingerprint density at radius 3 is 2.47 bits per heavy atom. The maximum Gasteiger partial charge on any atom is 0.261 e. The van der Waals surface area contributed by atoms with Gasteiger partial charge in [0, 0.05) is 13.6 Å². The Hall–Kier alpha value is -2.86. The summed E-state index contributed by atoms with van der Waals surface area (Å²) in [5, 5.41) is 4.71. The fraction of sp³-hybridized carbons (Fsp3) is 0.250. The van der Waals surface area contributed by atoms with Crippen molar-refractivity contribution in [2.75, 3.05) is 13.7 Å². The van der Waals surface area contributed by atoms with Gasteiger partial charge < -0.3 is 15.0 Å². The molecule has 0 aliphatic rings. The van der Waals surface area contributed by atoms with Gasteiger partial charge >= 0.3 is 0 Å². The van der Waals surface area contributed by atoms with Crippen molar-refractivity contribution in [3.8, 4) is 5.75 Å². The van der Waals surface area contributed by atoms with Crippen molar-refractivity contribution in [1.29, 1.82) is 0 Å². The number of amides is 2. The van der Waals surface area contributed by atoms with Crippen molar-refractivity contribution >= 4 is 38.5 Å². The summed E-state index contributed by atoms with van der Waals surface area (Å²) in [6.07, 6.45) is 0. The molecular formula is C24H25BrN2O3. The summed E-state index contributed by atoms with van der Waals surface area (Å²) in [6, 6.07) is 19.0. The first-order valence-corrected chi connectivity index (χ1v) is 10.6. The SMILES string of the molecule is CNC(=O)C(C)N(Cc1ccc(C)cc1)C(=O)COc1ccc2ccccc2c1Br. The second-order valence-electron chi connectivity index (χ2n) is 7.18. The number of likely N-dealkylation sites (N-methyl/N-ethyl adjacent to an activating group) is 1. The molecule has 0 aliphatic heterocycles. The number of carbonyl (C=O) groups is 2. The summed E-state index contributed by atoms with van der Waals surface area (Å²) in [7, 11) is 1.57. The molecular weight excluding hydrogens is 444 g/mol. The Morgan fingerprint density at radius 2 is 1.77 bits per heavy atom. The number of benzene rings is 3. The predicted octanol–water partition coefficient (Wildman–Crippen LogP) is 4.45. The highest BCUT2D eigenvalue weighted by Gasteiger charge is 2.26. The molecule has 1 unspecified atom stereocenters. The Morgan fingerprint density at radius 1 is 1.07 bits per heavy atom. The molecule has 3 aromatic rings. The molecule has 0 saturated heterocycles. The van der Waals surface area contributed by atoms with E-state index in [-0.39, 0.29) is 18.4 Å². The normalized spacial score (nSPS) is 11.7. The standard InChI is InChI=1S/C24H25BrN2O3/c1-16-8-10-18(11-9-16)14-27(17(2)24(29)26-3)22(28)15-30-21-13-12-19-6-4-5-7-20(19)23(21)25/h4-13,17H,14-15H2,1-3H3,(H,26,29). The maximum absolute atomic E-state index is 13.0. The van der Waals surface area contributed by atoms with E-state index in [2.05, 4.69) is 21.2 Å². The predicted molar refractivity (Wildman–Crippen MR) is 122 cm³/mol. The summed E-state index contributed by atoms with van der Waals surface area (Å²) >= 11 is 3.58. The Bertz CT molecular complexity index is 1050. The number of carbonyl (C=O) groups excluding carboxylic acids is 2. The van der Waals surface area contributed by atoms with Gasteiger partial charge in [-0.2, -0.15) is 0 Å². The van der Waals surface area contributed by atoms with E-state index in [1.54, 1.807) is 18.9 Å². The molecule has 156 valence electrons. The third-order valence-corrected chi connectivity index (χ3v) is 5.88. The van der Waals surface area contributed by atoms with Gasteiger partial charge in [0.1, 0.15) is 11.8 Å². The lowest BCUT2D eigenvalue weighted by atomic mass is 10.1. The van der Waals surface area contributed by atoms with Crippen molar-refractivity contribution in [2.45, 2.75) is 26.4 Å². The zero-order valence-corrected chi connectivity index (χ0v) is 18.9. The molecule has 3 aromatic carbocycles. The lowest BCUT2D eigenvalue weighted by molar-refractivity contribution is -0.142. The van der Waals surface area contributed by atoms with Crippen LogP contribution < -0.4 is 10.1 Å². The number of nitrogens with zero attached hydrogens (tertiary/aromatic N) is 1. The van der Waals surface area contributed by atoms with Gasteiger partial charge in [0.15, 0.2) is 6.61 Å². The number of hydrogen-bond donors (Lipinski definition) is 1. The molecule has 0 bridgehead atoms. The third kappa shape index (κ3) is 5.00. The van der Waals surface area contributed by atoms with E-state index >= 15 is 0 Å². The number of ether oxygens (including phenoxy) is 1. The summed E-state index contributed by atoms with van der Waals surface area (Å²) in [5.41, 5.74) is 2.09. The molecule has 2 amide bonds. The van der Waals surface area contributed by atoms with Crippen molar-refractivity contribution in [1.82, 2.24) is 10.2 Å². The van der Waals surface area contributed by atoms with Gasteiger partial charge in [0.2, 0.25) is 5.91 Å². The lowest BCUT2D eigenvalue weighted by Crippen LogP contribution is -2.48. The van der Waals surface area contributed by atoms with Crippen molar-refractivity contribution in [3.05, 3.63) is 76.3 Å². The number of aryl methyl sites for hydroxylation is 1. The molecule has 0 fully saturated rings. The van der Waals surface area contributed by atoms with Gasteiger partial charge in [0.05, 0.1) is 4.47 Å².